The van der Waals surface area contributed by atoms with Gasteiger partial charge in [0.2, 0.25) is 0 Å². The normalized spacial score (nSPS) is 11.7. The molecule has 106 valence electrons. The van der Waals surface area contributed by atoms with Gasteiger partial charge in [0.1, 0.15) is 5.82 Å². The zero-order chi connectivity index (χ0) is 14.9. The molecule has 2 rings (SSSR count). The Bertz CT molecular complexity index is 618. The van der Waals surface area contributed by atoms with Crippen LogP contribution in [0.15, 0.2) is 50.7 Å². The van der Waals surface area contributed by atoms with E-state index in [1.807, 2.05) is 12.1 Å². The van der Waals surface area contributed by atoms with Gasteiger partial charge >= 0.3 is 0 Å². The van der Waals surface area contributed by atoms with Crippen LogP contribution >= 0.6 is 39.3 Å². The first-order valence-corrected chi connectivity index (χ1v) is 8.19. The topological polar surface area (TPSA) is 0 Å². The van der Waals surface area contributed by atoms with Crippen molar-refractivity contribution < 1.29 is 4.39 Å². The van der Waals surface area contributed by atoms with Crippen LogP contribution in [0.3, 0.4) is 0 Å². The van der Waals surface area contributed by atoms with Crippen molar-refractivity contribution in [1.82, 2.24) is 0 Å². The molecule has 0 fully saturated rings. The van der Waals surface area contributed by atoms with Crippen molar-refractivity contribution in [2.75, 3.05) is 0 Å². The Morgan fingerprint density at radius 1 is 1.10 bits per heavy atom. The van der Waals surface area contributed by atoms with Gasteiger partial charge in [-0.3, -0.25) is 0 Å². The highest BCUT2D eigenvalue weighted by Gasteiger charge is 2.14. The van der Waals surface area contributed by atoms with Gasteiger partial charge in [0, 0.05) is 14.3 Å². The Morgan fingerprint density at radius 3 is 2.25 bits per heavy atom. The van der Waals surface area contributed by atoms with Crippen LogP contribution in [0, 0.1) is 5.82 Å². The number of halogens is 3. The monoisotopic (exact) mass is 372 g/mol. The molecule has 20 heavy (non-hydrogen) atoms. The lowest BCUT2D eigenvalue weighted by Gasteiger charge is -2.19. The molecule has 0 radical (unpaired) electrons. The molecule has 4 heteroatoms. The van der Waals surface area contributed by atoms with Crippen molar-refractivity contribution >= 4 is 39.3 Å². The Hall–Kier alpha value is -0.510. The molecule has 0 unspecified atom stereocenters. The van der Waals surface area contributed by atoms with Gasteiger partial charge < -0.3 is 0 Å². The lowest BCUT2D eigenvalue weighted by atomic mass is 9.87. The van der Waals surface area contributed by atoms with Gasteiger partial charge in [0.25, 0.3) is 0 Å². The predicted octanol–water partition coefficient (Wildman–Crippen LogP) is 6.69. The fourth-order valence-corrected chi connectivity index (χ4v) is 3.44. The van der Waals surface area contributed by atoms with Crippen molar-refractivity contribution in [3.8, 4) is 0 Å². The first-order chi connectivity index (χ1) is 9.27. The Labute approximate surface area is 136 Å². The van der Waals surface area contributed by atoms with E-state index in [1.165, 1.54) is 29.5 Å². The molecule has 0 aliphatic rings. The minimum absolute atomic E-state index is 0.128. The first kappa shape index (κ1) is 15.9. The minimum Gasteiger partial charge on any atom is -0.207 e. The smallest absolute Gasteiger partial charge is 0.125 e. The fourth-order valence-electron chi connectivity index (χ4n) is 1.76. The highest BCUT2D eigenvalue weighted by atomic mass is 79.9. The van der Waals surface area contributed by atoms with Crippen molar-refractivity contribution in [2.24, 2.45) is 0 Å². The fraction of sp³-hybridized carbons (Fsp3) is 0.250. The summed E-state index contributed by atoms with van der Waals surface area (Å²) in [6.07, 6.45) is 0. The summed E-state index contributed by atoms with van der Waals surface area (Å²) in [5.41, 5.74) is 1.40. The second-order valence-corrected chi connectivity index (χ2v) is 7.92. The Kier molecular flexibility index (Phi) is 4.83. The molecule has 0 aliphatic carbocycles. The molecular formula is C16H15BrClFS. The minimum atomic E-state index is -0.296. The van der Waals surface area contributed by atoms with Crippen LogP contribution in [0.5, 0.6) is 0 Å². The number of hydrogen-bond acceptors (Lipinski definition) is 1. The standard InChI is InChI=1S/C16H15BrClFS/c1-16(2,3)10-4-6-12(7-5-10)20-14-9-11(19)8-13(17)15(14)18/h4-9H,1-3H3. The number of benzene rings is 2. The highest BCUT2D eigenvalue weighted by Crippen LogP contribution is 2.38. The van der Waals surface area contributed by atoms with E-state index in [0.29, 0.717) is 14.4 Å². The molecule has 0 atom stereocenters. The van der Waals surface area contributed by atoms with Gasteiger partial charge in [-0.2, -0.15) is 0 Å². The van der Waals surface area contributed by atoms with Gasteiger partial charge in [-0.1, -0.05) is 56.3 Å². The molecule has 0 aliphatic heterocycles. The van der Waals surface area contributed by atoms with E-state index in [4.69, 9.17) is 11.6 Å². The molecule has 2 aromatic rings. The van der Waals surface area contributed by atoms with Gasteiger partial charge in [-0.15, -0.1) is 0 Å². The SMILES string of the molecule is CC(C)(C)c1ccc(Sc2cc(F)cc(Br)c2Cl)cc1. The maximum absolute atomic E-state index is 13.4. The largest absolute Gasteiger partial charge is 0.207 e. The Balaban J connectivity index is 2.27. The van der Waals surface area contributed by atoms with E-state index in [9.17, 15) is 4.39 Å². The molecule has 0 saturated heterocycles. The summed E-state index contributed by atoms with van der Waals surface area (Å²) in [7, 11) is 0. The molecular weight excluding hydrogens is 359 g/mol. The average molecular weight is 374 g/mol. The van der Waals surface area contributed by atoms with Crippen LogP contribution < -0.4 is 0 Å². The van der Waals surface area contributed by atoms with E-state index in [1.54, 1.807) is 0 Å². The van der Waals surface area contributed by atoms with E-state index < -0.39 is 0 Å². The van der Waals surface area contributed by atoms with Crippen molar-refractivity contribution in [3.05, 3.63) is 57.3 Å². The third kappa shape index (κ3) is 3.78. The summed E-state index contributed by atoms with van der Waals surface area (Å²) < 4.78 is 14.0. The van der Waals surface area contributed by atoms with Gasteiger partial charge in [0.05, 0.1) is 5.02 Å². The number of hydrogen-bond donors (Lipinski definition) is 0. The zero-order valence-corrected chi connectivity index (χ0v) is 14.7. The van der Waals surface area contributed by atoms with E-state index in [2.05, 4.69) is 48.8 Å². The summed E-state index contributed by atoms with van der Waals surface area (Å²) >= 11 is 10.9. The first-order valence-electron chi connectivity index (χ1n) is 6.20. The quantitative estimate of drug-likeness (QED) is 0.528. The van der Waals surface area contributed by atoms with Crippen LogP contribution in [0.2, 0.25) is 5.02 Å². The van der Waals surface area contributed by atoms with Crippen molar-refractivity contribution in [2.45, 2.75) is 36.0 Å². The van der Waals surface area contributed by atoms with Crippen LogP contribution in [-0.2, 0) is 5.41 Å². The molecule has 0 bridgehead atoms. The molecule has 0 N–H and O–H groups in total. The molecule has 0 amide bonds. The third-order valence-electron chi connectivity index (χ3n) is 2.91. The zero-order valence-electron chi connectivity index (χ0n) is 11.5. The van der Waals surface area contributed by atoms with Crippen LogP contribution in [0.25, 0.3) is 0 Å². The molecule has 0 saturated carbocycles. The molecule has 0 spiro atoms. The highest BCUT2D eigenvalue weighted by molar-refractivity contribution is 9.10. The van der Waals surface area contributed by atoms with Crippen molar-refractivity contribution in [3.63, 3.8) is 0 Å². The van der Waals surface area contributed by atoms with E-state index in [-0.39, 0.29) is 11.2 Å². The third-order valence-corrected chi connectivity index (χ3v) is 5.33. The second-order valence-electron chi connectivity index (χ2n) is 5.58. The van der Waals surface area contributed by atoms with Gasteiger partial charge in [-0.25, -0.2) is 4.39 Å². The second kappa shape index (κ2) is 6.08. The molecule has 0 nitrogen and oxygen atoms in total. The molecule has 0 aromatic heterocycles. The lowest BCUT2D eigenvalue weighted by molar-refractivity contribution is 0.590. The molecule has 2 aromatic carbocycles. The number of rotatable bonds is 2. The maximum atomic E-state index is 13.4. The Morgan fingerprint density at radius 2 is 1.70 bits per heavy atom. The lowest BCUT2D eigenvalue weighted by Crippen LogP contribution is -2.10. The summed E-state index contributed by atoms with van der Waals surface area (Å²) in [5.74, 6) is -0.296. The maximum Gasteiger partial charge on any atom is 0.125 e. The van der Waals surface area contributed by atoms with Crippen molar-refractivity contribution in [1.29, 1.82) is 0 Å². The van der Waals surface area contributed by atoms with E-state index in [0.717, 1.165) is 4.90 Å². The average Bonchev–Trinajstić information content (AvgIpc) is 2.35. The van der Waals surface area contributed by atoms with Gasteiger partial charge in [-0.05, 0) is 51.2 Å². The molecule has 0 heterocycles. The van der Waals surface area contributed by atoms with Gasteiger partial charge in [0.15, 0.2) is 0 Å². The van der Waals surface area contributed by atoms with Crippen LogP contribution in [0.1, 0.15) is 26.3 Å². The van der Waals surface area contributed by atoms with E-state index >= 15 is 0 Å². The van der Waals surface area contributed by atoms with Crippen LogP contribution in [-0.4, -0.2) is 0 Å². The summed E-state index contributed by atoms with van der Waals surface area (Å²) in [6, 6.07) is 11.1. The summed E-state index contributed by atoms with van der Waals surface area (Å²) in [5, 5.41) is 0.538. The predicted molar refractivity (Wildman–Crippen MR) is 88.4 cm³/mol. The van der Waals surface area contributed by atoms with Crippen LogP contribution in [0.4, 0.5) is 4.39 Å². The summed E-state index contributed by atoms with van der Waals surface area (Å²) in [6.45, 7) is 6.53. The summed E-state index contributed by atoms with van der Waals surface area (Å²) in [4.78, 5) is 1.75.